The normalized spacial score (nSPS) is 15.9. The molecule has 3 nitrogen and oxygen atoms in total. The van der Waals surface area contributed by atoms with Gasteiger partial charge in [-0.15, -0.1) is 0 Å². The van der Waals surface area contributed by atoms with E-state index in [0.29, 0.717) is 16.7 Å². The van der Waals surface area contributed by atoms with E-state index >= 15 is 0 Å². The first-order valence-electron chi connectivity index (χ1n) is 6.84. The molecule has 0 aromatic heterocycles. The van der Waals surface area contributed by atoms with E-state index in [-0.39, 0.29) is 23.2 Å². The summed E-state index contributed by atoms with van der Waals surface area (Å²) in [5, 5.41) is 0. The highest BCUT2D eigenvalue weighted by Crippen LogP contribution is 2.33. The zero-order valence-corrected chi connectivity index (χ0v) is 11.7. The number of hydrogen-bond donors (Lipinski definition) is 1. The fourth-order valence-electron chi connectivity index (χ4n) is 2.75. The minimum Gasteiger partial charge on any atom is -0.395 e. The van der Waals surface area contributed by atoms with Crippen LogP contribution in [0.1, 0.15) is 39.1 Å². The van der Waals surface area contributed by atoms with Crippen molar-refractivity contribution >= 4 is 11.6 Å². The molecule has 1 aliphatic rings. The number of hydrogen-bond acceptors (Lipinski definition) is 3. The third-order valence-corrected chi connectivity index (χ3v) is 3.93. The van der Waals surface area contributed by atoms with Crippen molar-refractivity contribution in [3.63, 3.8) is 0 Å². The second kappa shape index (κ2) is 5.02. The van der Waals surface area contributed by atoms with Crippen LogP contribution in [0.5, 0.6) is 0 Å². The number of allylic oxidation sites excluding steroid dienone is 2. The van der Waals surface area contributed by atoms with Crippen molar-refractivity contribution in [2.24, 2.45) is 5.73 Å². The molecule has 2 aromatic rings. The Kier molecular flexibility index (Phi) is 3.18. The Bertz CT molecular complexity index is 760. The minimum atomic E-state index is -0.261. The molecule has 0 radical (unpaired) electrons. The highest BCUT2D eigenvalue weighted by Gasteiger charge is 2.33. The van der Waals surface area contributed by atoms with Gasteiger partial charge in [0.05, 0.1) is 5.70 Å². The van der Waals surface area contributed by atoms with Crippen molar-refractivity contribution < 1.29 is 9.59 Å². The van der Waals surface area contributed by atoms with Crippen molar-refractivity contribution in [1.29, 1.82) is 0 Å². The lowest BCUT2D eigenvalue weighted by atomic mass is 9.80. The Hall–Kier alpha value is -2.68. The van der Waals surface area contributed by atoms with Gasteiger partial charge in [-0.05, 0) is 5.56 Å². The molecule has 0 amide bonds. The molecule has 104 valence electrons. The number of nitrogens with two attached hydrogens (primary N) is 1. The van der Waals surface area contributed by atoms with Crippen LogP contribution in [0.25, 0.3) is 0 Å². The monoisotopic (exact) mass is 277 g/mol. The maximum atomic E-state index is 12.7. The number of fused-ring (bicyclic) bond motifs is 1. The van der Waals surface area contributed by atoms with Crippen molar-refractivity contribution in [2.45, 2.75) is 12.8 Å². The summed E-state index contributed by atoms with van der Waals surface area (Å²) in [4.78, 5) is 25.1. The number of rotatable bonds is 2. The van der Waals surface area contributed by atoms with Gasteiger partial charge in [0, 0.05) is 22.6 Å². The number of ketones is 2. The molecule has 0 spiro atoms. The van der Waals surface area contributed by atoms with Gasteiger partial charge in [-0.1, -0.05) is 61.5 Å². The summed E-state index contributed by atoms with van der Waals surface area (Å²) < 4.78 is 0. The molecule has 3 heteroatoms. The topological polar surface area (TPSA) is 60.2 Å². The van der Waals surface area contributed by atoms with E-state index in [4.69, 9.17) is 5.73 Å². The van der Waals surface area contributed by atoms with Crippen molar-refractivity contribution in [3.05, 3.63) is 82.6 Å². The zero-order chi connectivity index (χ0) is 15.0. The van der Waals surface area contributed by atoms with E-state index in [1.54, 1.807) is 24.3 Å². The first-order valence-corrected chi connectivity index (χ1v) is 6.84. The van der Waals surface area contributed by atoms with Crippen LogP contribution in [0.3, 0.4) is 0 Å². The summed E-state index contributed by atoms with van der Waals surface area (Å²) in [5.41, 5.74) is 8.23. The molecule has 0 saturated carbocycles. The molecular weight excluding hydrogens is 262 g/mol. The first kappa shape index (κ1) is 13.3. The Balaban J connectivity index is 2.13. The standard InChI is InChI=1S/C18H15NO2/c1-11(12-7-3-2-4-8-12)15-16(19)18(21)14-10-6-5-9-13(14)17(15)20/h2-11H,19H2,1H3. The summed E-state index contributed by atoms with van der Waals surface area (Å²) in [6.45, 7) is 1.90. The lowest BCUT2D eigenvalue weighted by molar-refractivity contribution is 0.0969. The Labute approximate surface area is 123 Å². The van der Waals surface area contributed by atoms with Gasteiger partial charge in [0.25, 0.3) is 0 Å². The van der Waals surface area contributed by atoms with Crippen LogP contribution in [0.2, 0.25) is 0 Å². The van der Waals surface area contributed by atoms with Gasteiger partial charge in [0.2, 0.25) is 5.78 Å². The molecule has 0 saturated heterocycles. The summed E-state index contributed by atoms with van der Waals surface area (Å²) >= 11 is 0. The molecule has 21 heavy (non-hydrogen) atoms. The molecule has 0 aliphatic heterocycles. The summed E-state index contributed by atoms with van der Waals surface area (Å²) in [6, 6.07) is 16.4. The van der Waals surface area contributed by atoms with Gasteiger partial charge in [-0.2, -0.15) is 0 Å². The zero-order valence-electron chi connectivity index (χ0n) is 11.7. The SMILES string of the molecule is CC(C1=C(N)C(=O)c2ccccc2C1=O)c1ccccc1. The van der Waals surface area contributed by atoms with Crippen LogP contribution < -0.4 is 5.73 Å². The fourth-order valence-corrected chi connectivity index (χ4v) is 2.75. The first-order chi connectivity index (χ1) is 10.1. The highest BCUT2D eigenvalue weighted by atomic mass is 16.1. The van der Waals surface area contributed by atoms with Gasteiger partial charge in [0.15, 0.2) is 5.78 Å². The maximum Gasteiger partial charge on any atom is 0.209 e. The summed E-state index contributed by atoms with van der Waals surface area (Å²) in [5.74, 6) is -0.627. The molecule has 3 rings (SSSR count). The second-order valence-corrected chi connectivity index (χ2v) is 5.16. The maximum absolute atomic E-state index is 12.7. The van der Waals surface area contributed by atoms with Gasteiger partial charge >= 0.3 is 0 Å². The van der Waals surface area contributed by atoms with Crippen molar-refractivity contribution in [2.75, 3.05) is 0 Å². The van der Waals surface area contributed by atoms with Gasteiger partial charge in [0.1, 0.15) is 0 Å². The predicted octanol–water partition coefficient (Wildman–Crippen LogP) is 3.08. The molecule has 2 N–H and O–H groups in total. The molecule has 0 fully saturated rings. The molecular formula is C18H15NO2. The lowest BCUT2D eigenvalue weighted by Crippen LogP contribution is -2.28. The van der Waals surface area contributed by atoms with Crippen molar-refractivity contribution in [1.82, 2.24) is 0 Å². The Morgan fingerprint density at radius 2 is 1.33 bits per heavy atom. The van der Waals surface area contributed by atoms with Gasteiger partial charge in [-0.25, -0.2) is 0 Å². The molecule has 0 bridgehead atoms. The fraction of sp³-hybridized carbons (Fsp3) is 0.111. The van der Waals surface area contributed by atoms with Crippen LogP contribution in [0.4, 0.5) is 0 Å². The van der Waals surface area contributed by atoms with E-state index in [0.717, 1.165) is 5.56 Å². The Morgan fingerprint density at radius 1 is 0.810 bits per heavy atom. The second-order valence-electron chi connectivity index (χ2n) is 5.16. The minimum absolute atomic E-state index is 0.0649. The van der Waals surface area contributed by atoms with E-state index in [2.05, 4.69) is 0 Å². The summed E-state index contributed by atoms with van der Waals surface area (Å²) in [6.07, 6.45) is 0. The molecule has 1 atom stereocenters. The van der Waals surface area contributed by atoms with Gasteiger partial charge < -0.3 is 5.73 Å². The number of carbonyl (C=O) groups is 2. The summed E-state index contributed by atoms with van der Waals surface area (Å²) in [7, 11) is 0. The van der Waals surface area contributed by atoms with Gasteiger partial charge in [-0.3, -0.25) is 9.59 Å². The average Bonchev–Trinajstić information content (AvgIpc) is 2.53. The third-order valence-electron chi connectivity index (χ3n) is 3.93. The van der Waals surface area contributed by atoms with Crippen LogP contribution in [0, 0.1) is 0 Å². The molecule has 0 heterocycles. The van der Waals surface area contributed by atoms with E-state index in [1.165, 1.54) is 0 Å². The number of Topliss-reactive ketones (excluding diaryl/α,β-unsaturated/α-hetero) is 2. The molecule has 2 aromatic carbocycles. The Morgan fingerprint density at radius 3 is 1.95 bits per heavy atom. The predicted molar refractivity (Wildman–Crippen MR) is 81.2 cm³/mol. The van der Waals surface area contributed by atoms with Crippen molar-refractivity contribution in [3.8, 4) is 0 Å². The van der Waals surface area contributed by atoms with E-state index < -0.39 is 0 Å². The van der Waals surface area contributed by atoms with E-state index in [9.17, 15) is 9.59 Å². The number of benzene rings is 2. The number of carbonyl (C=O) groups excluding carboxylic acids is 2. The lowest BCUT2D eigenvalue weighted by Gasteiger charge is -2.23. The van der Waals surface area contributed by atoms with Crippen LogP contribution >= 0.6 is 0 Å². The highest BCUT2D eigenvalue weighted by molar-refractivity contribution is 6.27. The average molecular weight is 277 g/mol. The van der Waals surface area contributed by atoms with Crippen LogP contribution in [-0.4, -0.2) is 11.6 Å². The molecule has 1 unspecified atom stereocenters. The smallest absolute Gasteiger partial charge is 0.209 e. The third kappa shape index (κ3) is 2.07. The quantitative estimate of drug-likeness (QED) is 0.917. The molecule has 1 aliphatic carbocycles. The van der Waals surface area contributed by atoms with E-state index in [1.807, 2.05) is 37.3 Å². The largest absolute Gasteiger partial charge is 0.395 e. The van der Waals surface area contributed by atoms with Crippen LogP contribution in [-0.2, 0) is 0 Å². The van der Waals surface area contributed by atoms with Crippen LogP contribution in [0.15, 0.2) is 65.9 Å².